The van der Waals surface area contributed by atoms with Gasteiger partial charge in [-0.25, -0.2) is 4.79 Å². The van der Waals surface area contributed by atoms with Crippen LogP contribution in [0.25, 0.3) is 0 Å². The molecule has 1 saturated heterocycles. The summed E-state index contributed by atoms with van der Waals surface area (Å²) in [4.78, 5) is 40.8. The van der Waals surface area contributed by atoms with Crippen LogP contribution in [-0.2, 0) is 12.0 Å². The lowest BCUT2D eigenvalue weighted by Crippen LogP contribution is -2.45. The van der Waals surface area contributed by atoms with Crippen molar-refractivity contribution in [3.63, 3.8) is 0 Å². The van der Waals surface area contributed by atoms with E-state index in [0.29, 0.717) is 21.1 Å². The number of carbonyl (C=O) groups is 1. The highest BCUT2D eigenvalue weighted by molar-refractivity contribution is 14.1. The quantitative estimate of drug-likeness (QED) is 0.420. The minimum absolute atomic E-state index is 0.308. The van der Waals surface area contributed by atoms with Gasteiger partial charge in [-0.05, 0) is 65.6 Å². The third-order valence-electron chi connectivity index (χ3n) is 6.78. The normalized spacial score (nSPS) is 20.9. The first-order chi connectivity index (χ1) is 16.5. The summed E-state index contributed by atoms with van der Waals surface area (Å²) in [5.74, 6) is 0.135. The number of hydrogen-bond donors (Lipinski definition) is 0. The van der Waals surface area contributed by atoms with Crippen LogP contribution in [0.4, 0.5) is 0 Å². The maximum atomic E-state index is 13.0. The van der Waals surface area contributed by atoms with Crippen molar-refractivity contribution in [3.8, 4) is 0 Å². The van der Waals surface area contributed by atoms with E-state index in [4.69, 9.17) is 0 Å². The van der Waals surface area contributed by atoms with E-state index in [2.05, 4.69) is 35.2 Å². The Morgan fingerprint density at radius 1 is 1.00 bits per heavy atom. The molecule has 3 aromatic rings. The summed E-state index contributed by atoms with van der Waals surface area (Å²) in [7, 11) is 0. The third kappa shape index (κ3) is 4.68. The second-order valence-electron chi connectivity index (χ2n) is 8.78. The van der Waals surface area contributed by atoms with Crippen molar-refractivity contribution in [1.29, 1.82) is 0 Å². The number of likely N-dealkylation sites (tertiary alicyclic amines) is 1. The highest BCUT2D eigenvalue weighted by Gasteiger charge is 2.60. The highest BCUT2D eigenvalue weighted by atomic mass is 127. The Bertz CT molecular complexity index is 1270. The van der Waals surface area contributed by atoms with Gasteiger partial charge in [0, 0.05) is 36.8 Å². The van der Waals surface area contributed by atoms with E-state index in [1.807, 2.05) is 36.4 Å². The number of benzene rings is 2. The number of carbonyl (C=O) groups excluding carboxylic acids is 1. The molecule has 7 heteroatoms. The first-order valence-electron chi connectivity index (χ1n) is 11.9. The number of aryl methyl sites for hydroxylation is 1. The first kappa shape index (κ1) is 24.6. The Labute approximate surface area is 213 Å². The Morgan fingerprint density at radius 2 is 1.65 bits per heavy atom. The molecule has 6 nitrogen and oxygen atoms in total. The van der Waals surface area contributed by atoms with Crippen molar-refractivity contribution in [2.24, 2.45) is 5.92 Å². The van der Waals surface area contributed by atoms with Gasteiger partial charge in [-0.3, -0.25) is 14.2 Å². The Balaban J connectivity index is 0.00000133. The molecule has 1 aliphatic carbocycles. The molecule has 2 fully saturated rings. The molecule has 2 atom stereocenters. The largest absolute Gasteiger partial charge is 0.338 e. The predicted octanol–water partition coefficient (Wildman–Crippen LogP) is 3.99. The zero-order valence-electron chi connectivity index (χ0n) is 19.6. The van der Waals surface area contributed by atoms with Gasteiger partial charge in [-0.2, -0.15) is 4.57 Å². The van der Waals surface area contributed by atoms with Crippen molar-refractivity contribution < 1.29 is 4.79 Å². The Morgan fingerprint density at radius 3 is 2.32 bits per heavy atom. The van der Waals surface area contributed by atoms with Gasteiger partial charge in [0.05, 0.1) is 3.57 Å². The van der Waals surface area contributed by atoms with E-state index >= 15 is 0 Å². The maximum Gasteiger partial charge on any atom is 0.338 e. The van der Waals surface area contributed by atoms with Crippen LogP contribution in [0.5, 0.6) is 0 Å². The van der Waals surface area contributed by atoms with Crippen molar-refractivity contribution in [2.45, 2.75) is 38.6 Å². The fourth-order valence-corrected chi connectivity index (χ4v) is 5.63. The molecule has 1 saturated carbocycles. The van der Waals surface area contributed by atoms with Gasteiger partial charge in [0.15, 0.2) is 0 Å². The van der Waals surface area contributed by atoms with E-state index in [1.165, 1.54) is 16.6 Å². The average Bonchev–Trinajstić information content (AvgIpc) is 3.45. The molecule has 5 rings (SSSR count). The number of nitrogens with zero attached hydrogens (tertiary/aromatic N) is 3. The minimum Gasteiger partial charge on any atom is -0.302 e. The fraction of sp³-hybridized carbons (Fsp3) is 0.370. The molecule has 0 bridgehead atoms. The van der Waals surface area contributed by atoms with Crippen molar-refractivity contribution in [3.05, 3.63) is 102 Å². The SMILES string of the molecule is CC.O=C(c1ccccc1)n1c(=O)c(I)cn(CCCN2C[C@H]3C[C@@]3(c3ccccc3)C2)c1=O. The lowest BCUT2D eigenvalue weighted by atomic mass is 9.95. The second-order valence-corrected chi connectivity index (χ2v) is 9.94. The summed E-state index contributed by atoms with van der Waals surface area (Å²) in [5, 5.41) is 0. The van der Waals surface area contributed by atoms with Crippen LogP contribution >= 0.6 is 22.6 Å². The standard InChI is InChI=1S/C25H24IN3O3.C2H6/c26-21-16-28(24(32)29(23(21)31)22(30)18-8-3-1-4-9-18)13-7-12-27-15-20-14-25(20,17-27)19-10-5-2-6-11-19;1-2/h1-6,8-11,16,20H,7,12-15,17H2;1-2H3/t20-,25+;/m1./s1. The number of hydrogen-bond acceptors (Lipinski definition) is 4. The fourth-order valence-electron chi connectivity index (χ4n) is 5.06. The summed E-state index contributed by atoms with van der Waals surface area (Å²) in [5.41, 5.74) is 0.926. The molecular formula is C27H30IN3O3. The van der Waals surface area contributed by atoms with E-state index in [0.717, 1.165) is 36.5 Å². The number of rotatable bonds is 6. The molecular weight excluding hydrogens is 541 g/mol. The maximum absolute atomic E-state index is 13.0. The van der Waals surface area contributed by atoms with Crippen LogP contribution in [-0.4, -0.2) is 39.6 Å². The van der Waals surface area contributed by atoms with E-state index < -0.39 is 17.2 Å². The van der Waals surface area contributed by atoms with Gasteiger partial charge in [0.25, 0.3) is 11.5 Å². The molecule has 178 valence electrons. The monoisotopic (exact) mass is 571 g/mol. The van der Waals surface area contributed by atoms with Gasteiger partial charge in [0.1, 0.15) is 0 Å². The lowest BCUT2D eigenvalue weighted by Gasteiger charge is -2.21. The van der Waals surface area contributed by atoms with Crippen LogP contribution in [0, 0.1) is 9.49 Å². The van der Waals surface area contributed by atoms with Crippen LogP contribution in [0.15, 0.2) is 76.4 Å². The molecule has 2 aromatic carbocycles. The van der Waals surface area contributed by atoms with Crippen molar-refractivity contribution >= 4 is 28.5 Å². The summed E-state index contributed by atoms with van der Waals surface area (Å²) >= 11 is 1.90. The van der Waals surface area contributed by atoms with Crippen molar-refractivity contribution in [2.75, 3.05) is 19.6 Å². The third-order valence-corrected chi connectivity index (χ3v) is 7.52. The number of fused-ring (bicyclic) bond motifs is 1. The molecule has 0 N–H and O–H groups in total. The second kappa shape index (κ2) is 10.4. The van der Waals surface area contributed by atoms with Crippen LogP contribution in [0.3, 0.4) is 0 Å². The van der Waals surface area contributed by atoms with Crippen LogP contribution in [0.2, 0.25) is 0 Å². The topological polar surface area (TPSA) is 64.3 Å². The summed E-state index contributed by atoms with van der Waals surface area (Å²) in [6.07, 6.45) is 3.61. The summed E-state index contributed by atoms with van der Waals surface area (Å²) in [6, 6.07) is 19.2. The van der Waals surface area contributed by atoms with Gasteiger partial charge in [-0.1, -0.05) is 62.4 Å². The Hall–Kier alpha value is -2.52. The zero-order chi connectivity index (χ0) is 24.3. The van der Waals surface area contributed by atoms with Gasteiger partial charge in [0.2, 0.25) is 0 Å². The number of aromatic nitrogens is 2. The highest BCUT2D eigenvalue weighted by Crippen LogP contribution is 2.58. The van der Waals surface area contributed by atoms with Crippen LogP contribution < -0.4 is 11.2 Å². The number of halogens is 1. The van der Waals surface area contributed by atoms with Crippen LogP contribution in [0.1, 0.15) is 42.6 Å². The molecule has 0 unspecified atom stereocenters. The first-order valence-corrected chi connectivity index (χ1v) is 13.0. The smallest absolute Gasteiger partial charge is 0.302 e. The predicted molar refractivity (Wildman–Crippen MR) is 142 cm³/mol. The molecule has 1 aliphatic heterocycles. The molecule has 1 aromatic heterocycles. The molecule has 0 spiro atoms. The van der Waals surface area contributed by atoms with Crippen molar-refractivity contribution in [1.82, 2.24) is 14.0 Å². The van der Waals surface area contributed by atoms with Gasteiger partial charge >= 0.3 is 5.69 Å². The van der Waals surface area contributed by atoms with E-state index in [-0.39, 0.29) is 0 Å². The van der Waals surface area contributed by atoms with E-state index in [1.54, 1.807) is 36.5 Å². The lowest BCUT2D eigenvalue weighted by molar-refractivity contribution is 0.0948. The van der Waals surface area contributed by atoms with Gasteiger partial charge < -0.3 is 4.90 Å². The molecule has 2 aliphatic rings. The Kier molecular flexibility index (Phi) is 7.52. The molecule has 0 amide bonds. The number of piperidine rings is 1. The molecule has 0 radical (unpaired) electrons. The average molecular weight is 571 g/mol. The molecule has 2 heterocycles. The summed E-state index contributed by atoms with van der Waals surface area (Å²) in [6.45, 7) is 7.50. The minimum atomic E-state index is -0.586. The summed E-state index contributed by atoms with van der Waals surface area (Å²) < 4.78 is 2.61. The van der Waals surface area contributed by atoms with E-state index in [9.17, 15) is 14.4 Å². The molecule has 34 heavy (non-hydrogen) atoms. The van der Waals surface area contributed by atoms with Gasteiger partial charge in [-0.15, -0.1) is 0 Å². The zero-order valence-corrected chi connectivity index (χ0v) is 21.8.